The Morgan fingerprint density at radius 2 is 1.83 bits per heavy atom. The molecule has 1 nitrogen and oxygen atoms in total. The van der Waals surface area contributed by atoms with Crippen LogP contribution in [0.3, 0.4) is 0 Å². The van der Waals surface area contributed by atoms with Gasteiger partial charge < -0.3 is 5.32 Å². The third kappa shape index (κ3) is 3.14. The van der Waals surface area contributed by atoms with Crippen LogP contribution in [-0.4, -0.2) is 6.04 Å². The molecular weight excluding hydrogens is 218 g/mol. The lowest BCUT2D eigenvalue weighted by Gasteiger charge is -2.19. The van der Waals surface area contributed by atoms with Gasteiger partial charge in [0.15, 0.2) is 0 Å². The Hall–Kier alpha value is -0.820. The summed E-state index contributed by atoms with van der Waals surface area (Å²) in [6, 6.07) is 9.49. The molecule has 0 heterocycles. The molecule has 1 aromatic carbocycles. The lowest BCUT2D eigenvalue weighted by molar-refractivity contribution is 0.362. The van der Waals surface area contributed by atoms with Crippen LogP contribution in [0.15, 0.2) is 24.3 Å². The minimum absolute atomic E-state index is 0.515. The Kier molecular flexibility index (Phi) is 4.11. The average molecular weight is 245 g/mol. The van der Waals surface area contributed by atoms with Gasteiger partial charge in [0, 0.05) is 12.6 Å². The molecule has 0 spiro atoms. The molecule has 0 saturated heterocycles. The molecule has 1 fully saturated rings. The molecule has 0 aromatic heterocycles. The van der Waals surface area contributed by atoms with E-state index in [2.05, 4.69) is 57.3 Å². The smallest absolute Gasteiger partial charge is 0.0210 e. The second-order valence-electron chi connectivity index (χ2n) is 6.66. The second-order valence-corrected chi connectivity index (χ2v) is 6.66. The summed E-state index contributed by atoms with van der Waals surface area (Å²) in [7, 11) is 0. The van der Waals surface area contributed by atoms with Gasteiger partial charge in [0.2, 0.25) is 0 Å². The highest BCUT2D eigenvalue weighted by atomic mass is 14.9. The third-order valence-corrected chi connectivity index (χ3v) is 4.39. The third-order valence-electron chi connectivity index (χ3n) is 4.39. The quantitative estimate of drug-likeness (QED) is 0.839. The summed E-state index contributed by atoms with van der Waals surface area (Å²) in [5, 5.41) is 3.78. The van der Waals surface area contributed by atoms with Crippen LogP contribution in [0.2, 0.25) is 0 Å². The Morgan fingerprint density at radius 3 is 2.39 bits per heavy atom. The number of rotatable bonds is 4. The maximum atomic E-state index is 3.78. The highest BCUT2D eigenvalue weighted by Gasteiger charge is 2.36. The van der Waals surface area contributed by atoms with E-state index in [1.807, 2.05) is 0 Å². The van der Waals surface area contributed by atoms with Crippen molar-refractivity contribution in [2.75, 3.05) is 0 Å². The molecule has 1 heteroatoms. The molecule has 0 aliphatic heterocycles. The van der Waals surface area contributed by atoms with Crippen LogP contribution in [0.5, 0.6) is 0 Å². The first-order chi connectivity index (χ1) is 8.52. The number of nitrogens with one attached hydrogen (secondary N) is 1. The number of hydrogen-bond donors (Lipinski definition) is 1. The number of hydrogen-bond acceptors (Lipinski definition) is 1. The van der Waals surface area contributed by atoms with Crippen molar-refractivity contribution in [2.24, 2.45) is 11.3 Å². The van der Waals surface area contributed by atoms with Crippen molar-refractivity contribution in [1.29, 1.82) is 0 Å². The Morgan fingerprint density at radius 1 is 1.17 bits per heavy atom. The number of aryl methyl sites for hydroxylation is 1. The van der Waals surface area contributed by atoms with Gasteiger partial charge in [-0.2, -0.15) is 0 Å². The van der Waals surface area contributed by atoms with Crippen molar-refractivity contribution in [3.63, 3.8) is 0 Å². The molecule has 1 aliphatic rings. The van der Waals surface area contributed by atoms with Crippen LogP contribution in [0.4, 0.5) is 0 Å². The maximum absolute atomic E-state index is 3.78. The highest BCUT2D eigenvalue weighted by molar-refractivity contribution is 5.26. The zero-order valence-corrected chi connectivity index (χ0v) is 12.3. The summed E-state index contributed by atoms with van der Waals surface area (Å²) in [5.41, 5.74) is 3.47. The summed E-state index contributed by atoms with van der Waals surface area (Å²) in [5.74, 6) is 0.800. The summed E-state index contributed by atoms with van der Waals surface area (Å²) in [6.45, 7) is 10.4. The van der Waals surface area contributed by atoms with E-state index >= 15 is 0 Å². The fraction of sp³-hybridized carbons (Fsp3) is 0.647. The van der Waals surface area contributed by atoms with Gasteiger partial charge in [-0.25, -0.2) is 0 Å². The molecule has 2 rings (SSSR count). The maximum Gasteiger partial charge on any atom is 0.0210 e. The predicted molar refractivity (Wildman–Crippen MR) is 78.6 cm³/mol. The Balaban J connectivity index is 1.96. The number of benzene rings is 1. The van der Waals surface area contributed by atoms with Crippen LogP contribution < -0.4 is 5.32 Å². The Labute approximate surface area is 112 Å². The molecule has 1 aliphatic carbocycles. The van der Waals surface area contributed by atoms with E-state index in [9.17, 15) is 0 Å². The van der Waals surface area contributed by atoms with Crippen LogP contribution in [0.1, 0.15) is 51.7 Å². The molecule has 0 amide bonds. The lowest BCUT2D eigenvalue weighted by Crippen LogP contribution is -2.31. The van der Waals surface area contributed by atoms with Crippen LogP contribution in [0.25, 0.3) is 0 Å². The van der Waals surface area contributed by atoms with Gasteiger partial charge in [-0.05, 0) is 41.7 Å². The Bertz CT molecular complexity index is 394. The van der Waals surface area contributed by atoms with E-state index in [0.717, 1.165) is 18.9 Å². The summed E-state index contributed by atoms with van der Waals surface area (Å²) >= 11 is 0. The lowest BCUT2D eigenvalue weighted by atomic mass is 9.91. The normalized spacial score (nSPS) is 26.4. The van der Waals surface area contributed by atoms with Crippen molar-refractivity contribution in [2.45, 2.75) is 59.5 Å². The van der Waals surface area contributed by atoms with Gasteiger partial charge in [-0.1, -0.05) is 52.0 Å². The standard InChI is InChI=1S/C17H27N/c1-5-14-8-6-7-9-15(14)12-18-16-11-17(3,4)10-13(16)2/h6-9,13,16,18H,5,10-12H2,1-4H3. The van der Waals surface area contributed by atoms with Gasteiger partial charge >= 0.3 is 0 Å². The van der Waals surface area contributed by atoms with Gasteiger partial charge in [0.1, 0.15) is 0 Å². The van der Waals surface area contributed by atoms with E-state index in [1.54, 1.807) is 0 Å². The topological polar surface area (TPSA) is 12.0 Å². The van der Waals surface area contributed by atoms with Crippen LogP contribution in [0, 0.1) is 11.3 Å². The minimum atomic E-state index is 0.515. The van der Waals surface area contributed by atoms with Gasteiger partial charge in [-0.3, -0.25) is 0 Å². The monoisotopic (exact) mass is 245 g/mol. The molecule has 1 saturated carbocycles. The van der Waals surface area contributed by atoms with Crippen molar-refractivity contribution < 1.29 is 0 Å². The van der Waals surface area contributed by atoms with Gasteiger partial charge in [0.05, 0.1) is 0 Å². The van der Waals surface area contributed by atoms with E-state index in [1.165, 1.54) is 24.0 Å². The minimum Gasteiger partial charge on any atom is -0.310 e. The second kappa shape index (κ2) is 5.44. The molecule has 1 N–H and O–H groups in total. The SMILES string of the molecule is CCc1ccccc1CNC1CC(C)(C)CC1C. The fourth-order valence-corrected chi connectivity index (χ4v) is 3.48. The fourth-order valence-electron chi connectivity index (χ4n) is 3.48. The summed E-state index contributed by atoms with van der Waals surface area (Å²) in [6.07, 6.45) is 3.78. The van der Waals surface area contributed by atoms with Crippen molar-refractivity contribution in [3.05, 3.63) is 35.4 Å². The molecule has 18 heavy (non-hydrogen) atoms. The first-order valence-electron chi connectivity index (χ1n) is 7.32. The highest BCUT2D eigenvalue weighted by Crippen LogP contribution is 2.40. The molecule has 1 aromatic rings. The van der Waals surface area contributed by atoms with Gasteiger partial charge in [0.25, 0.3) is 0 Å². The molecule has 0 bridgehead atoms. The van der Waals surface area contributed by atoms with E-state index in [0.29, 0.717) is 11.5 Å². The first-order valence-corrected chi connectivity index (χ1v) is 7.32. The summed E-state index contributed by atoms with van der Waals surface area (Å²) < 4.78 is 0. The predicted octanol–water partition coefficient (Wildman–Crippen LogP) is 4.16. The molecule has 100 valence electrons. The van der Waals surface area contributed by atoms with Gasteiger partial charge in [-0.15, -0.1) is 0 Å². The summed E-state index contributed by atoms with van der Waals surface area (Å²) in [4.78, 5) is 0. The van der Waals surface area contributed by atoms with Crippen molar-refractivity contribution >= 4 is 0 Å². The van der Waals surface area contributed by atoms with Crippen molar-refractivity contribution in [3.8, 4) is 0 Å². The van der Waals surface area contributed by atoms with Crippen LogP contribution >= 0.6 is 0 Å². The molecule has 0 radical (unpaired) electrons. The van der Waals surface area contributed by atoms with E-state index in [4.69, 9.17) is 0 Å². The van der Waals surface area contributed by atoms with E-state index in [-0.39, 0.29) is 0 Å². The largest absolute Gasteiger partial charge is 0.310 e. The average Bonchev–Trinajstić information content (AvgIpc) is 2.60. The van der Waals surface area contributed by atoms with E-state index < -0.39 is 0 Å². The molecular formula is C17H27N. The molecule has 2 unspecified atom stereocenters. The van der Waals surface area contributed by atoms with Crippen molar-refractivity contribution in [1.82, 2.24) is 5.32 Å². The zero-order chi connectivity index (χ0) is 13.2. The zero-order valence-electron chi connectivity index (χ0n) is 12.3. The molecule has 2 atom stereocenters. The first kappa shape index (κ1) is 13.6. The van der Waals surface area contributed by atoms with Crippen LogP contribution in [-0.2, 0) is 13.0 Å².